The quantitative estimate of drug-likeness (QED) is 0.528. The molecule has 0 fully saturated rings. The zero-order valence-corrected chi connectivity index (χ0v) is 17.0. The first-order valence-electron chi connectivity index (χ1n) is 9.93. The summed E-state index contributed by atoms with van der Waals surface area (Å²) in [6.07, 6.45) is -6.10. The van der Waals surface area contributed by atoms with E-state index in [1.54, 1.807) is 0 Å². The second kappa shape index (κ2) is 8.85. The van der Waals surface area contributed by atoms with Crippen molar-refractivity contribution in [2.45, 2.75) is 18.3 Å². The number of amides is 1. The Hall–Kier alpha value is -4.01. The molecule has 0 bridgehead atoms. The molecule has 170 valence electrons. The van der Waals surface area contributed by atoms with Gasteiger partial charge >= 0.3 is 18.4 Å². The molecule has 0 saturated carbocycles. The Kier molecular flexibility index (Phi) is 5.95. The number of ether oxygens (including phenoxy) is 2. The largest absolute Gasteiger partial charge is 0.573 e. The first kappa shape index (κ1) is 22.2. The van der Waals surface area contributed by atoms with Crippen LogP contribution in [0.2, 0.25) is 0 Å². The van der Waals surface area contributed by atoms with Gasteiger partial charge in [-0.15, -0.1) is 13.2 Å². The highest BCUT2D eigenvalue weighted by atomic mass is 19.4. The lowest BCUT2D eigenvalue weighted by atomic mass is 9.98. The summed E-state index contributed by atoms with van der Waals surface area (Å²) in [5.41, 5.74) is 3.60. The number of halogens is 3. The molecule has 0 heterocycles. The van der Waals surface area contributed by atoms with E-state index in [4.69, 9.17) is 4.74 Å². The molecule has 33 heavy (non-hydrogen) atoms. The highest BCUT2D eigenvalue weighted by Gasteiger charge is 2.35. The molecule has 1 aliphatic carbocycles. The van der Waals surface area contributed by atoms with Gasteiger partial charge in [0.25, 0.3) is 0 Å². The summed E-state index contributed by atoms with van der Waals surface area (Å²) < 4.78 is 47.3. The highest BCUT2D eigenvalue weighted by Crippen LogP contribution is 2.44. The lowest BCUT2D eigenvalue weighted by Crippen LogP contribution is -2.35. The minimum absolute atomic E-state index is 0.0765. The first-order chi connectivity index (χ1) is 15.7. The normalized spacial score (nSPS) is 13.5. The molecule has 0 radical (unpaired) electrons. The molecule has 9 heteroatoms. The fraction of sp³-hybridized carbons (Fsp3) is 0.167. The lowest BCUT2D eigenvalue weighted by molar-refractivity contribution is -0.275. The number of fused-ring (bicyclic) bond motifs is 3. The van der Waals surface area contributed by atoms with Crippen molar-refractivity contribution in [1.29, 1.82) is 0 Å². The smallest absolute Gasteiger partial charge is 0.479 e. The molecule has 3 aromatic rings. The Balaban J connectivity index is 1.50. The maximum Gasteiger partial charge on any atom is 0.573 e. The van der Waals surface area contributed by atoms with Gasteiger partial charge in [-0.25, -0.2) is 9.59 Å². The Morgan fingerprint density at radius 2 is 1.45 bits per heavy atom. The minimum Gasteiger partial charge on any atom is -0.479 e. The van der Waals surface area contributed by atoms with Crippen molar-refractivity contribution in [3.05, 3.63) is 89.5 Å². The first-order valence-corrected chi connectivity index (χ1v) is 9.93. The topological polar surface area (TPSA) is 84.9 Å². The molecular formula is C24H18F3NO5. The molecule has 6 nitrogen and oxygen atoms in total. The van der Waals surface area contributed by atoms with E-state index in [-0.39, 0.29) is 18.1 Å². The lowest BCUT2D eigenvalue weighted by Gasteiger charge is -2.20. The zero-order chi connectivity index (χ0) is 23.6. The number of carbonyl (C=O) groups excluding carboxylic acids is 1. The van der Waals surface area contributed by atoms with Crippen molar-refractivity contribution in [3.63, 3.8) is 0 Å². The van der Waals surface area contributed by atoms with Gasteiger partial charge in [-0.05, 0) is 28.3 Å². The second-order valence-electron chi connectivity index (χ2n) is 7.33. The van der Waals surface area contributed by atoms with Gasteiger partial charge in [0.1, 0.15) is 12.4 Å². The Morgan fingerprint density at radius 3 is 2.03 bits per heavy atom. The van der Waals surface area contributed by atoms with Gasteiger partial charge in [-0.3, -0.25) is 0 Å². The summed E-state index contributed by atoms with van der Waals surface area (Å²) in [6.45, 7) is -0.0765. The number of para-hydroxylation sites is 1. The zero-order valence-electron chi connectivity index (χ0n) is 17.0. The number of rotatable bonds is 6. The van der Waals surface area contributed by atoms with Gasteiger partial charge in [0, 0.05) is 11.5 Å². The Bertz CT molecular complexity index is 1150. The number of nitrogens with one attached hydrogen (secondary N) is 1. The van der Waals surface area contributed by atoms with Crippen molar-refractivity contribution < 1.29 is 37.3 Å². The molecule has 0 saturated heterocycles. The molecule has 3 aromatic carbocycles. The van der Waals surface area contributed by atoms with E-state index < -0.39 is 30.2 Å². The SMILES string of the molecule is O=C(N[C@H](C(=O)O)c1ccccc1OC(F)(F)F)OCC1c2ccccc2-c2ccccc21. The van der Waals surface area contributed by atoms with Crippen LogP contribution in [0.4, 0.5) is 18.0 Å². The van der Waals surface area contributed by atoms with Gasteiger partial charge in [0.05, 0.1) is 0 Å². The van der Waals surface area contributed by atoms with Crippen molar-refractivity contribution in [2.75, 3.05) is 6.61 Å². The Morgan fingerprint density at radius 1 is 0.909 bits per heavy atom. The summed E-state index contributed by atoms with van der Waals surface area (Å²) >= 11 is 0. The van der Waals surface area contributed by atoms with E-state index in [1.165, 1.54) is 12.1 Å². The Labute approximate surface area is 186 Å². The third-order valence-electron chi connectivity index (χ3n) is 5.31. The van der Waals surface area contributed by atoms with Crippen molar-refractivity contribution >= 4 is 12.1 Å². The van der Waals surface area contributed by atoms with E-state index >= 15 is 0 Å². The number of hydrogen-bond donors (Lipinski definition) is 2. The van der Waals surface area contributed by atoms with Crippen LogP contribution in [0.1, 0.15) is 28.7 Å². The number of alkyl halides is 3. The van der Waals surface area contributed by atoms with Crippen molar-refractivity contribution in [1.82, 2.24) is 5.32 Å². The summed E-state index contributed by atoms with van der Waals surface area (Å²) in [5.74, 6) is -2.55. The number of benzene rings is 3. The van der Waals surface area contributed by atoms with Crippen LogP contribution in [0.3, 0.4) is 0 Å². The van der Waals surface area contributed by atoms with E-state index in [9.17, 15) is 27.9 Å². The highest BCUT2D eigenvalue weighted by molar-refractivity contribution is 5.82. The van der Waals surface area contributed by atoms with E-state index in [0.29, 0.717) is 0 Å². The monoisotopic (exact) mass is 457 g/mol. The molecule has 4 rings (SSSR count). The van der Waals surface area contributed by atoms with Crippen LogP contribution in [0, 0.1) is 0 Å². The van der Waals surface area contributed by atoms with Crippen LogP contribution < -0.4 is 10.1 Å². The van der Waals surface area contributed by atoms with Crippen LogP contribution >= 0.6 is 0 Å². The van der Waals surface area contributed by atoms with Crippen LogP contribution in [0.5, 0.6) is 5.75 Å². The van der Waals surface area contributed by atoms with E-state index in [0.717, 1.165) is 34.4 Å². The number of carboxylic acid groups (broad SMARTS) is 1. The van der Waals surface area contributed by atoms with Crippen LogP contribution in [0.25, 0.3) is 11.1 Å². The van der Waals surface area contributed by atoms with Crippen LogP contribution in [-0.2, 0) is 9.53 Å². The fourth-order valence-electron chi connectivity index (χ4n) is 3.97. The molecule has 2 N–H and O–H groups in total. The molecule has 1 aliphatic rings. The predicted molar refractivity (Wildman–Crippen MR) is 112 cm³/mol. The molecule has 1 amide bonds. The summed E-state index contributed by atoms with van der Waals surface area (Å²) in [7, 11) is 0. The van der Waals surface area contributed by atoms with Crippen molar-refractivity contribution in [3.8, 4) is 16.9 Å². The average molecular weight is 457 g/mol. The van der Waals surface area contributed by atoms with Gasteiger partial charge in [0.15, 0.2) is 6.04 Å². The standard InChI is InChI=1S/C24H18F3NO5/c25-24(26,27)33-20-12-6-5-11-18(20)21(22(29)30)28-23(31)32-13-19-16-9-3-1-7-14(16)15-8-2-4-10-17(15)19/h1-12,19,21H,13H2,(H,28,31)(H,29,30)/t21-/m0/s1. The van der Waals surface area contributed by atoms with Gasteiger partial charge < -0.3 is 19.9 Å². The molecule has 0 aromatic heterocycles. The minimum atomic E-state index is -5.02. The maximum absolute atomic E-state index is 12.7. The van der Waals surface area contributed by atoms with Gasteiger partial charge in [0.2, 0.25) is 0 Å². The molecule has 0 spiro atoms. The fourth-order valence-corrected chi connectivity index (χ4v) is 3.97. The van der Waals surface area contributed by atoms with Crippen LogP contribution in [0.15, 0.2) is 72.8 Å². The van der Waals surface area contributed by atoms with E-state index in [1.807, 2.05) is 48.5 Å². The molecular weight excluding hydrogens is 439 g/mol. The third kappa shape index (κ3) is 4.77. The summed E-state index contributed by atoms with van der Waals surface area (Å²) in [5, 5.41) is 11.7. The van der Waals surface area contributed by atoms with Crippen LogP contribution in [-0.4, -0.2) is 30.1 Å². The maximum atomic E-state index is 12.7. The number of hydrogen-bond acceptors (Lipinski definition) is 4. The molecule has 1 atom stereocenters. The van der Waals surface area contributed by atoms with Crippen molar-refractivity contribution in [2.24, 2.45) is 0 Å². The number of alkyl carbamates (subject to hydrolysis) is 1. The summed E-state index contributed by atoms with van der Waals surface area (Å²) in [6, 6.07) is 18.2. The van der Waals surface area contributed by atoms with Gasteiger partial charge in [-0.2, -0.15) is 0 Å². The predicted octanol–water partition coefficient (Wildman–Crippen LogP) is 5.25. The number of carbonyl (C=O) groups is 2. The average Bonchev–Trinajstić information content (AvgIpc) is 3.09. The van der Waals surface area contributed by atoms with E-state index in [2.05, 4.69) is 10.1 Å². The molecule has 0 unspecified atom stereocenters. The second-order valence-corrected chi connectivity index (χ2v) is 7.33. The number of aliphatic carboxylic acids is 1. The third-order valence-corrected chi connectivity index (χ3v) is 5.31. The molecule has 0 aliphatic heterocycles. The summed E-state index contributed by atoms with van der Waals surface area (Å²) in [4.78, 5) is 24.2. The number of carboxylic acids is 1. The van der Waals surface area contributed by atoms with Gasteiger partial charge in [-0.1, -0.05) is 66.7 Å².